The van der Waals surface area contributed by atoms with Crippen LogP contribution in [0.15, 0.2) is 12.1 Å². The van der Waals surface area contributed by atoms with Crippen LogP contribution in [0.5, 0.6) is 5.75 Å². The van der Waals surface area contributed by atoms with E-state index in [1.807, 2.05) is 26.0 Å². The van der Waals surface area contributed by atoms with Crippen molar-refractivity contribution in [1.29, 1.82) is 5.26 Å². The molecule has 0 heterocycles. The number of nitriles is 1. The average molecular weight is 257 g/mol. The first-order valence-corrected chi connectivity index (χ1v) is 7.32. The average Bonchev–Trinajstić information content (AvgIpc) is 2.42. The molecule has 0 aromatic heterocycles. The fraction of sp³-hybridized carbons (Fsp3) is 0.588. The molecule has 2 unspecified atom stereocenters. The number of benzene rings is 1. The molecule has 0 amide bonds. The van der Waals surface area contributed by atoms with Gasteiger partial charge in [-0.1, -0.05) is 19.8 Å². The van der Waals surface area contributed by atoms with Crippen molar-refractivity contribution in [3.63, 3.8) is 0 Å². The molecule has 1 aromatic rings. The van der Waals surface area contributed by atoms with Crippen molar-refractivity contribution in [2.45, 2.75) is 59.0 Å². The minimum Gasteiger partial charge on any atom is -0.490 e. The molecule has 0 bridgehead atoms. The fourth-order valence-electron chi connectivity index (χ4n) is 3.09. The van der Waals surface area contributed by atoms with E-state index >= 15 is 0 Å². The number of ether oxygens (including phenoxy) is 1. The molecule has 2 rings (SSSR count). The Kier molecular flexibility index (Phi) is 4.47. The molecule has 0 N–H and O–H groups in total. The minimum atomic E-state index is 0.351. The number of nitrogens with zero attached hydrogens (tertiary/aromatic N) is 1. The lowest BCUT2D eigenvalue weighted by atomic mass is 9.85. The first kappa shape index (κ1) is 13.9. The van der Waals surface area contributed by atoms with Crippen molar-refractivity contribution in [1.82, 2.24) is 0 Å². The van der Waals surface area contributed by atoms with E-state index < -0.39 is 0 Å². The Balaban J connectivity index is 2.13. The van der Waals surface area contributed by atoms with Crippen LogP contribution in [0.2, 0.25) is 0 Å². The maximum atomic E-state index is 8.97. The molecule has 0 saturated heterocycles. The molecule has 1 saturated carbocycles. The number of rotatable bonds is 3. The molecule has 2 atom stereocenters. The van der Waals surface area contributed by atoms with Gasteiger partial charge in [-0.25, -0.2) is 0 Å². The summed E-state index contributed by atoms with van der Waals surface area (Å²) in [6, 6.07) is 6.04. The van der Waals surface area contributed by atoms with Gasteiger partial charge in [-0.05, 0) is 62.3 Å². The zero-order valence-electron chi connectivity index (χ0n) is 12.2. The maximum Gasteiger partial charge on any atom is 0.125 e. The topological polar surface area (TPSA) is 33.0 Å². The maximum absolute atomic E-state index is 8.97. The summed E-state index contributed by atoms with van der Waals surface area (Å²) in [5.74, 6) is 1.80. The van der Waals surface area contributed by atoms with Crippen molar-refractivity contribution in [3.8, 4) is 11.8 Å². The lowest BCUT2D eigenvalue weighted by Crippen LogP contribution is -2.25. The monoisotopic (exact) mass is 257 g/mol. The predicted octanol–water partition coefficient (Wildman–Crippen LogP) is 4.52. The third-order valence-corrected chi connectivity index (χ3v) is 4.19. The van der Waals surface area contributed by atoms with E-state index in [1.54, 1.807) is 0 Å². The van der Waals surface area contributed by atoms with Gasteiger partial charge in [-0.2, -0.15) is 5.26 Å². The molecule has 1 aromatic carbocycles. The Hall–Kier alpha value is -1.49. The molecule has 0 radical (unpaired) electrons. The molecular weight excluding hydrogens is 234 g/mol. The lowest BCUT2D eigenvalue weighted by molar-refractivity contribution is 0.120. The molecule has 1 fully saturated rings. The second kappa shape index (κ2) is 6.10. The summed E-state index contributed by atoms with van der Waals surface area (Å²) in [5, 5.41) is 8.97. The zero-order chi connectivity index (χ0) is 13.8. The molecule has 2 heteroatoms. The normalized spacial score (nSPS) is 22.8. The summed E-state index contributed by atoms with van der Waals surface area (Å²) in [7, 11) is 0. The van der Waals surface area contributed by atoms with Crippen LogP contribution in [0, 0.1) is 31.1 Å². The fourth-order valence-corrected chi connectivity index (χ4v) is 3.09. The Morgan fingerprint density at radius 3 is 2.53 bits per heavy atom. The highest BCUT2D eigenvalue weighted by molar-refractivity contribution is 5.47. The largest absolute Gasteiger partial charge is 0.490 e. The highest BCUT2D eigenvalue weighted by Gasteiger charge is 2.23. The summed E-state index contributed by atoms with van der Waals surface area (Å²) >= 11 is 0. The summed E-state index contributed by atoms with van der Waals surface area (Å²) in [4.78, 5) is 0. The smallest absolute Gasteiger partial charge is 0.125 e. The van der Waals surface area contributed by atoms with Crippen molar-refractivity contribution in [2.24, 2.45) is 5.92 Å². The van der Waals surface area contributed by atoms with E-state index in [9.17, 15) is 0 Å². The second-order valence-electron chi connectivity index (χ2n) is 5.73. The van der Waals surface area contributed by atoms with Gasteiger partial charge in [0.1, 0.15) is 5.75 Å². The van der Waals surface area contributed by atoms with Crippen LogP contribution in [0.1, 0.15) is 55.7 Å². The first-order chi connectivity index (χ1) is 9.13. The highest BCUT2D eigenvalue weighted by atomic mass is 16.5. The van der Waals surface area contributed by atoms with Crippen LogP contribution in [-0.2, 0) is 0 Å². The van der Waals surface area contributed by atoms with Gasteiger partial charge in [0, 0.05) is 0 Å². The standard InChI is InChI=1S/C17H23NO/c1-4-14-6-5-7-16(10-14)19-17-12(2)8-15(11-18)9-13(17)3/h8-9,14,16H,4-7,10H2,1-3H3. The van der Waals surface area contributed by atoms with Crippen LogP contribution >= 0.6 is 0 Å². The Bertz CT molecular complexity index is 464. The van der Waals surface area contributed by atoms with Crippen molar-refractivity contribution >= 4 is 0 Å². The van der Waals surface area contributed by atoms with Crippen LogP contribution in [-0.4, -0.2) is 6.10 Å². The first-order valence-electron chi connectivity index (χ1n) is 7.32. The van der Waals surface area contributed by atoms with Crippen LogP contribution in [0.4, 0.5) is 0 Å². The van der Waals surface area contributed by atoms with Crippen molar-refractivity contribution in [3.05, 3.63) is 28.8 Å². The minimum absolute atomic E-state index is 0.351. The van der Waals surface area contributed by atoms with Crippen LogP contribution in [0.3, 0.4) is 0 Å². The van der Waals surface area contributed by atoms with Crippen LogP contribution < -0.4 is 4.74 Å². The van der Waals surface area contributed by atoms with Gasteiger partial charge in [0.25, 0.3) is 0 Å². The van der Waals surface area contributed by atoms with Gasteiger partial charge in [0.05, 0.1) is 17.7 Å². The molecule has 1 aliphatic rings. The molecule has 2 nitrogen and oxygen atoms in total. The van der Waals surface area contributed by atoms with E-state index in [1.165, 1.54) is 25.7 Å². The zero-order valence-corrected chi connectivity index (χ0v) is 12.2. The second-order valence-corrected chi connectivity index (χ2v) is 5.73. The van der Waals surface area contributed by atoms with E-state index in [4.69, 9.17) is 10.00 Å². The van der Waals surface area contributed by atoms with Crippen LogP contribution in [0.25, 0.3) is 0 Å². The third-order valence-electron chi connectivity index (χ3n) is 4.19. The number of aryl methyl sites for hydroxylation is 2. The SMILES string of the molecule is CCC1CCCC(Oc2c(C)cc(C#N)cc2C)C1. The molecule has 102 valence electrons. The molecular formula is C17H23NO. The lowest BCUT2D eigenvalue weighted by Gasteiger charge is -2.30. The van der Waals surface area contributed by atoms with E-state index in [0.717, 1.165) is 34.8 Å². The number of hydrogen-bond donors (Lipinski definition) is 0. The Morgan fingerprint density at radius 2 is 1.95 bits per heavy atom. The van der Waals surface area contributed by atoms with Gasteiger partial charge in [0.15, 0.2) is 0 Å². The van der Waals surface area contributed by atoms with Crippen molar-refractivity contribution in [2.75, 3.05) is 0 Å². The van der Waals surface area contributed by atoms with Gasteiger partial charge in [0.2, 0.25) is 0 Å². The molecule has 0 aliphatic heterocycles. The molecule has 19 heavy (non-hydrogen) atoms. The molecule has 0 spiro atoms. The third kappa shape index (κ3) is 3.29. The highest BCUT2D eigenvalue weighted by Crippen LogP contribution is 2.32. The quantitative estimate of drug-likeness (QED) is 0.797. The van der Waals surface area contributed by atoms with E-state index in [-0.39, 0.29) is 0 Å². The van der Waals surface area contributed by atoms with Gasteiger partial charge < -0.3 is 4.74 Å². The summed E-state index contributed by atoms with van der Waals surface area (Å²) in [6.45, 7) is 6.33. The Morgan fingerprint density at radius 1 is 1.26 bits per heavy atom. The summed E-state index contributed by atoms with van der Waals surface area (Å²) < 4.78 is 6.24. The van der Waals surface area contributed by atoms with E-state index in [0.29, 0.717) is 6.10 Å². The van der Waals surface area contributed by atoms with Gasteiger partial charge >= 0.3 is 0 Å². The summed E-state index contributed by atoms with van der Waals surface area (Å²) in [5.41, 5.74) is 2.88. The summed E-state index contributed by atoms with van der Waals surface area (Å²) in [6.07, 6.45) is 6.57. The molecule has 1 aliphatic carbocycles. The predicted molar refractivity (Wildman–Crippen MR) is 77.3 cm³/mol. The van der Waals surface area contributed by atoms with Gasteiger partial charge in [-0.15, -0.1) is 0 Å². The van der Waals surface area contributed by atoms with E-state index in [2.05, 4.69) is 13.0 Å². The van der Waals surface area contributed by atoms with Gasteiger partial charge in [-0.3, -0.25) is 0 Å². The Labute approximate surface area is 116 Å². The van der Waals surface area contributed by atoms with Crippen molar-refractivity contribution < 1.29 is 4.74 Å². The number of hydrogen-bond acceptors (Lipinski definition) is 2.